The van der Waals surface area contributed by atoms with E-state index in [0.29, 0.717) is 146 Å². The van der Waals surface area contributed by atoms with Crippen LogP contribution in [0.4, 0.5) is 41.0 Å². The molecule has 5 aliphatic rings. The van der Waals surface area contributed by atoms with Crippen molar-refractivity contribution < 1.29 is 46.2 Å². The molecule has 17 rings (SSSR count). The lowest BCUT2D eigenvalue weighted by atomic mass is 10.0. The molecular formula is C101H113Cl2F4N23O9. The summed E-state index contributed by atoms with van der Waals surface area (Å²) in [6, 6.07) is 22.4. The number of rotatable bonds is 26. The third kappa shape index (κ3) is 20.7. The first-order valence-electron chi connectivity index (χ1n) is 46.6. The van der Waals surface area contributed by atoms with Crippen LogP contribution in [0.15, 0.2) is 143 Å². The Morgan fingerprint density at radius 3 is 1.18 bits per heavy atom. The lowest BCUT2D eigenvalue weighted by molar-refractivity contribution is -0.130. The molecule has 139 heavy (non-hydrogen) atoms. The zero-order chi connectivity index (χ0) is 99.7. The Kier molecular flexibility index (Phi) is 30.2. The number of piperazine rings is 3. The summed E-state index contributed by atoms with van der Waals surface area (Å²) in [5, 5.41) is 1.64. The Balaban J connectivity index is 0.000000158. The van der Waals surface area contributed by atoms with Gasteiger partial charge in [-0.3, -0.25) is 14.4 Å². The van der Waals surface area contributed by atoms with Gasteiger partial charge in [-0.25, -0.2) is 70.6 Å². The number of halogens is 6. The van der Waals surface area contributed by atoms with Crippen LogP contribution < -0.4 is 47.0 Å². The molecule has 38 heteroatoms. The molecule has 9 aromatic heterocycles. The average Bonchev–Trinajstić information content (AvgIpc) is 1.54. The molecule has 12 aromatic rings. The van der Waals surface area contributed by atoms with Crippen molar-refractivity contribution in [1.82, 2.24) is 93.1 Å². The molecule has 2 aliphatic carbocycles. The Morgan fingerprint density at radius 1 is 0.453 bits per heavy atom. The molecule has 0 radical (unpaired) electrons. The van der Waals surface area contributed by atoms with Gasteiger partial charge in [0, 0.05) is 119 Å². The van der Waals surface area contributed by atoms with E-state index < -0.39 is 40.3 Å². The van der Waals surface area contributed by atoms with Crippen LogP contribution in [-0.2, 0) is 19.1 Å². The van der Waals surface area contributed by atoms with Gasteiger partial charge in [0.15, 0.2) is 16.9 Å². The van der Waals surface area contributed by atoms with E-state index in [1.165, 1.54) is 68.3 Å². The highest BCUT2D eigenvalue weighted by Gasteiger charge is 2.42. The van der Waals surface area contributed by atoms with Gasteiger partial charge < -0.3 is 54.2 Å². The number of carbonyl (C=O) groups excluding carboxylic acids is 3. The van der Waals surface area contributed by atoms with Crippen molar-refractivity contribution in [2.75, 3.05) is 120 Å². The Hall–Kier alpha value is -13.6. The quantitative estimate of drug-likeness (QED) is 0.0299. The second-order valence-electron chi connectivity index (χ2n) is 36.9. The van der Waals surface area contributed by atoms with Gasteiger partial charge in [0.1, 0.15) is 59.6 Å². The maximum absolute atomic E-state index is 15.9. The van der Waals surface area contributed by atoms with Crippen LogP contribution in [-0.4, -0.2) is 235 Å². The molecular weight excluding hydrogens is 1830 g/mol. The minimum absolute atomic E-state index is 0.0254. The number of ether oxygens (including phenoxy) is 3. The van der Waals surface area contributed by atoms with E-state index in [0.717, 1.165) is 25.7 Å². The summed E-state index contributed by atoms with van der Waals surface area (Å²) in [7, 11) is 5.49. The van der Waals surface area contributed by atoms with Crippen LogP contribution in [0.25, 0.3) is 83.9 Å². The maximum Gasteiger partial charge on any atom is 0.355 e. The summed E-state index contributed by atoms with van der Waals surface area (Å²) in [5.41, 5.74) is 10.3. The highest BCUT2D eigenvalue weighted by Crippen LogP contribution is 2.50. The van der Waals surface area contributed by atoms with Crippen molar-refractivity contribution in [3.8, 4) is 62.9 Å². The molecule has 728 valence electrons. The summed E-state index contributed by atoms with van der Waals surface area (Å²) < 4.78 is 82.3. The van der Waals surface area contributed by atoms with Gasteiger partial charge >= 0.3 is 29.1 Å². The molecule has 32 nitrogen and oxygen atoms in total. The van der Waals surface area contributed by atoms with Gasteiger partial charge in [-0.1, -0.05) is 135 Å². The number of hydrogen-bond acceptors (Lipinski definition) is 26. The predicted molar refractivity (Wildman–Crippen MR) is 530 cm³/mol. The summed E-state index contributed by atoms with van der Waals surface area (Å²) in [6.07, 6.45) is 7.42. The SMILES string of the molecule is C=CC(=O)N1CCN(c2nc(=O)n(-c3c(C(C)C)nc(OCCOC)nc3C(C)C)c3nc(-c4ccccc4F)c(Cl)cc23)[C@@H](C)C1.C=CC(=O)N1CCN(c2nc(=O)n(-c3c(C4CC4)nc(N)nc3C3CC3)c3nc(-c4ccccc4F)c(F)cc23)[C@@H](C)C1.C=CC(=O)N1[C@H](C)CN(c2nc(=O)n(-c3c(C(C)C)nc(OCCN(C)C)nc3C(C)C)c3nc(-c4ccccc4F)c(Cl)cc23)C[C@@H]1C. The first-order valence-corrected chi connectivity index (χ1v) is 47.3. The van der Waals surface area contributed by atoms with Crippen molar-refractivity contribution in [3.63, 3.8) is 0 Å². The van der Waals surface area contributed by atoms with Crippen molar-refractivity contribution in [2.24, 2.45) is 0 Å². The highest BCUT2D eigenvalue weighted by molar-refractivity contribution is 6.34. The van der Waals surface area contributed by atoms with Gasteiger partial charge in [0.25, 0.3) is 0 Å². The summed E-state index contributed by atoms with van der Waals surface area (Å²) >= 11 is 13.7. The lowest BCUT2D eigenvalue weighted by Crippen LogP contribution is -2.58. The monoisotopic (exact) mass is 1940 g/mol. The molecule has 0 bridgehead atoms. The Morgan fingerprint density at radius 2 is 0.813 bits per heavy atom. The number of methoxy groups -OCH3 is 1. The number of amides is 3. The maximum atomic E-state index is 15.9. The van der Waals surface area contributed by atoms with E-state index in [-0.39, 0.29) is 174 Å². The molecule has 5 fully saturated rings. The third-order valence-corrected chi connectivity index (χ3v) is 25.7. The van der Waals surface area contributed by atoms with Crippen LogP contribution in [0.1, 0.15) is 178 Å². The highest BCUT2D eigenvalue weighted by atomic mass is 35.5. The van der Waals surface area contributed by atoms with Crippen molar-refractivity contribution in [1.29, 1.82) is 0 Å². The molecule has 3 aliphatic heterocycles. The van der Waals surface area contributed by atoms with Crippen LogP contribution >= 0.6 is 23.2 Å². The number of nitrogens with zero attached hydrogens (tertiary/aromatic N) is 22. The van der Waals surface area contributed by atoms with Crippen LogP contribution in [0.5, 0.6) is 12.0 Å². The first-order chi connectivity index (χ1) is 66.4. The number of fused-ring (bicyclic) bond motifs is 3. The van der Waals surface area contributed by atoms with Gasteiger partial charge in [-0.15, -0.1) is 0 Å². The van der Waals surface area contributed by atoms with E-state index in [1.54, 1.807) is 76.4 Å². The predicted octanol–water partition coefficient (Wildman–Crippen LogP) is 15.4. The van der Waals surface area contributed by atoms with E-state index in [9.17, 15) is 33.2 Å². The van der Waals surface area contributed by atoms with E-state index in [2.05, 4.69) is 49.6 Å². The zero-order valence-corrected chi connectivity index (χ0v) is 82.0. The van der Waals surface area contributed by atoms with Crippen molar-refractivity contribution in [2.45, 2.75) is 168 Å². The molecule has 12 heterocycles. The second-order valence-corrected chi connectivity index (χ2v) is 37.7. The number of aromatic nitrogens is 15. The minimum atomic E-state index is -0.752. The Labute approximate surface area is 811 Å². The van der Waals surface area contributed by atoms with E-state index >= 15 is 13.2 Å². The molecule has 0 spiro atoms. The number of likely N-dealkylation sites (N-methyl/N-ethyl adjacent to an activating group) is 1. The molecule has 3 aromatic carbocycles. The van der Waals surface area contributed by atoms with Gasteiger partial charge in [-0.2, -0.15) is 34.9 Å². The van der Waals surface area contributed by atoms with Crippen molar-refractivity contribution in [3.05, 3.63) is 228 Å². The smallest absolute Gasteiger partial charge is 0.355 e. The molecule has 4 atom stereocenters. The average molecular weight is 1940 g/mol. The largest absolute Gasteiger partial charge is 0.462 e. The fourth-order valence-electron chi connectivity index (χ4n) is 18.1. The topological polar surface area (TPSA) is 348 Å². The number of carbonyl (C=O) groups is 3. The van der Waals surface area contributed by atoms with Gasteiger partial charge in [0.05, 0.1) is 95.4 Å². The minimum Gasteiger partial charge on any atom is -0.462 e. The van der Waals surface area contributed by atoms with Gasteiger partial charge in [-0.05, 0) is 164 Å². The van der Waals surface area contributed by atoms with E-state index in [4.69, 9.17) is 73.1 Å². The summed E-state index contributed by atoms with van der Waals surface area (Å²) in [6.45, 7) is 39.1. The number of nitrogens with two attached hydrogens (primary N) is 1. The number of anilines is 4. The molecule has 3 saturated heterocycles. The fraction of sp³-hybridized carbons (Fsp3) is 0.406. The molecule has 2 saturated carbocycles. The fourth-order valence-corrected chi connectivity index (χ4v) is 18.6. The number of hydrogen-bond donors (Lipinski definition) is 1. The number of benzene rings is 3. The van der Waals surface area contributed by atoms with Gasteiger partial charge in [0.2, 0.25) is 23.7 Å². The third-order valence-electron chi connectivity index (χ3n) is 25.1. The molecule has 0 unspecified atom stereocenters. The number of pyridine rings is 3. The normalized spacial score (nSPS) is 16.8. The molecule has 2 N–H and O–H groups in total. The van der Waals surface area contributed by atoms with Crippen LogP contribution in [0.3, 0.4) is 0 Å². The standard InChI is InChI=1S/C36H44ClFN8O3.C34H39ClFN7O4.C31H30F2N8O2/c1-10-28(47)45-22(6)18-44(19-23(45)7)33-25-17-26(37)31(24-13-11-12-14-27(24)38)39-34(25)46(36(48)42-33)32-29(20(2)3)40-35(41-30(32)21(4)5)49-16-15-43(8)9;1-8-26(44)41-13-14-42(21(6)18-41)31-23-17-24(35)29(22-11-9-10-12-25(22)36)37-32(23)43(34(45)40-31)30-27(19(2)3)38-33(47-16-15-46-7)39-28(30)20(4)5;1-3-23(42)39-12-13-40(16(2)15-39)28-20-14-22(33)26(19-6-4-5-7-21(19)32)35-29(20)41(31(43)38-28)27-24(17-8-9-17)36-30(34)37-25(27)18-10-11-18/h10-14,17,20-23H,1,15-16,18-19H2,2-9H3;8-12,17,19-21H,1,13-16,18H2,2-7H3;3-7,14,16-18H,1,8-13,15H2,2H3,(H2,34,36,37)/t22-,23+;21-;16-/m.00/s1. The zero-order valence-electron chi connectivity index (χ0n) is 80.5. The number of nitrogen functional groups attached to an aromatic ring is 1. The summed E-state index contributed by atoms with van der Waals surface area (Å²) in [5.74, 6) is -2.21. The first kappa shape index (κ1) is 99.9. The molecule has 3 amide bonds. The summed E-state index contributed by atoms with van der Waals surface area (Å²) in [4.78, 5) is 150. The van der Waals surface area contributed by atoms with Crippen molar-refractivity contribution >= 4 is 97.4 Å². The second kappa shape index (κ2) is 42.0. The lowest BCUT2D eigenvalue weighted by Gasteiger charge is -2.44. The van der Waals surface area contributed by atoms with E-state index in [1.807, 2.05) is 117 Å². The Bertz CT molecular complexity index is 6890. The van der Waals surface area contributed by atoms with Crippen LogP contribution in [0, 0.1) is 23.3 Å². The van der Waals surface area contributed by atoms with Crippen LogP contribution in [0.2, 0.25) is 10.0 Å².